The second-order valence-corrected chi connectivity index (χ2v) is 9.52. The van der Waals surface area contributed by atoms with Crippen molar-refractivity contribution in [3.8, 4) is 11.3 Å². The van der Waals surface area contributed by atoms with E-state index in [0.29, 0.717) is 24.5 Å². The third-order valence-electron chi connectivity index (χ3n) is 6.66. The van der Waals surface area contributed by atoms with Gasteiger partial charge in [-0.3, -0.25) is 9.78 Å². The summed E-state index contributed by atoms with van der Waals surface area (Å²) in [4.78, 5) is 25.8. The van der Waals surface area contributed by atoms with Gasteiger partial charge in [-0.15, -0.1) is 0 Å². The number of carbonyl (C=O) groups excluding carboxylic acids is 1. The van der Waals surface area contributed by atoms with E-state index in [-0.39, 0.29) is 11.3 Å². The molecule has 0 radical (unpaired) electrons. The number of hydrogen-bond donors (Lipinski definition) is 1. The van der Waals surface area contributed by atoms with Crippen molar-refractivity contribution >= 4 is 22.6 Å². The molecular formula is C30H32N6O2. The number of rotatable bonds is 7. The maximum absolute atomic E-state index is 12.3. The van der Waals surface area contributed by atoms with Crippen molar-refractivity contribution in [1.82, 2.24) is 29.9 Å². The van der Waals surface area contributed by atoms with Gasteiger partial charge in [-0.2, -0.15) is 9.61 Å². The number of nitrogens with one attached hydrogen (secondary N) is 1. The molecule has 8 heteroatoms. The van der Waals surface area contributed by atoms with Crippen LogP contribution in [0.4, 0.5) is 0 Å². The van der Waals surface area contributed by atoms with Gasteiger partial charge in [0.2, 0.25) is 0 Å². The number of pyridine rings is 1. The standard InChI is InChI=1S/C27H24N6O2.C3H8/c1-35-14-13-29-25(34)19-6-4-18(5-7-19)23-16-30-26-31-17-24(33(26)32-23)27(10-11-27)21-8-9-22-20(15-21)3-2-12-28-22;1-3-2/h2-9,12,15-17H,10-11,13-14H2,1H3,(H,29,34);3H2,1-2H3. The van der Waals surface area contributed by atoms with Gasteiger partial charge in [-0.05, 0) is 48.7 Å². The molecule has 0 aliphatic heterocycles. The first-order valence-corrected chi connectivity index (χ1v) is 13.0. The Hall–Kier alpha value is -4.17. The average Bonchev–Trinajstić information content (AvgIpc) is 3.65. The molecule has 1 aliphatic rings. The van der Waals surface area contributed by atoms with E-state index < -0.39 is 0 Å². The zero-order chi connectivity index (χ0) is 26.5. The molecule has 1 amide bonds. The number of benzene rings is 2. The summed E-state index contributed by atoms with van der Waals surface area (Å²) in [5.41, 5.74) is 5.35. The Bertz CT molecular complexity index is 1560. The lowest BCUT2D eigenvalue weighted by atomic mass is 9.91. The van der Waals surface area contributed by atoms with Gasteiger partial charge in [0.15, 0.2) is 0 Å². The SMILES string of the molecule is CCC.COCCNC(=O)c1ccc(-c2cnc3ncc(C4(c5ccc6ncccc6c5)CC4)n3n2)cc1. The van der Waals surface area contributed by atoms with Gasteiger partial charge in [-0.1, -0.05) is 44.5 Å². The number of carbonyl (C=O) groups is 1. The fourth-order valence-electron chi connectivity index (χ4n) is 4.59. The van der Waals surface area contributed by atoms with E-state index in [4.69, 9.17) is 9.84 Å². The highest BCUT2D eigenvalue weighted by atomic mass is 16.5. The molecule has 3 heterocycles. The summed E-state index contributed by atoms with van der Waals surface area (Å²) in [5.74, 6) is 0.444. The Morgan fingerprint density at radius 3 is 2.53 bits per heavy atom. The molecule has 194 valence electrons. The number of hydrogen-bond acceptors (Lipinski definition) is 6. The lowest BCUT2D eigenvalue weighted by Gasteiger charge is -2.16. The van der Waals surface area contributed by atoms with E-state index in [1.54, 1.807) is 25.4 Å². The molecule has 5 aromatic rings. The summed E-state index contributed by atoms with van der Waals surface area (Å²) in [6.45, 7) is 5.20. The van der Waals surface area contributed by atoms with Crippen LogP contribution in [-0.4, -0.2) is 50.7 Å². The lowest BCUT2D eigenvalue weighted by Crippen LogP contribution is -2.26. The predicted octanol–water partition coefficient (Wildman–Crippen LogP) is 5.21. The molecule has 38 heavy (non-hydrogen) atoms. The molecule has 0 unspecified atom stereocenters. The lowest BCUT2D eigenvalue weighted by molar-refractivity contribution is 0.0937. The molecule has 0 saturated heterocycles. The molecule has 3 aromatic heterocycles. The maximum Gasteiger partial charge on any atom is 0.251 e. The van der Waals surface area contributed by atoms with Crippen LogP contribution in [0.2, 0.25) is 0 Å². The van der Waals surface area contributed by atoms with Gasteiger partial charge < -0.3 is 10.1 Å². The molecule has 0 atom stereocenters. The quantitative estimate of drug-likeness (QED) is 0.303. The van der Waals surface area contributed by atoms with Crippen molar-refractivity contribution in [3.05, 3.63) is 90.0 Å². The van der Waals surface area contributed by atoms with Crippen LogP contribution in [0, 0.1) is 0 Å². The number of methoxy groups -OCH3 is 1. The Kier molecular flexibility index (Phi) is 7.42. The summed E-state index contributed by atoms with van der Waals surface area (Å²) in [7, 11) is 1.61. The highest BCUT2D eigenvalue weighted by Crippen LogP contribution is 2.53. The average molecular weight is 509 g/mol. The van der Waals surface area contributed by atoms with Crippen LogP contribution < -0.4 is 5.32 Å². The summed E-state index contributed by atoms with van der Waals surface area (Å²) in [6.07, 6.45) is 8.75. The third-order valence-corrected chi connectivity index (χ3v) is 6.66. The molecular weight excluding hydrogens is 476 g/mol. The minimum absolute atomic E-state index is 0.124. The Labute approximate surface area is 222 Å². The molecule has 0 spiro atoms. The highest BCUT2D eigenvalue weighted by molar-refractivity contribution is 5.94. The van der Waals surface area contributed by atoms with Crippen LogP contribution in [0.15, 0.2) is 73.2 Å². The number of nitrogens with zero attached hydrogens (tertiary/aromatic N) is 5. The first-order chi connectivity index (χ1) is 18.6. The first-order valence-electron chi connectivity index (χ1n) is 13.0. The van der Waals surface area contributed by atoms with Crippen LogP contribution in [0.5, 0.6) is 0 Å². The summed E-state index contributed by atoms with van der Waals surface area (Å²) in [5, 5.41) is 8.85. The number of aromatic nitrogens is 5. The fourth-order valence-corrected chi connectivity index (χ4v) is 4.59. The number of fused-ring (bicyclic) bond motifs is 2. The van der Waals surface area contributed by atoms with E-state index in [2.05, 4.69) is 58.4 Å². The molecule has 2 aromatic carbocycles. The van der Waals surface area contributed by atoms with Gasteiger partial charge in [0.25, 0.3) is 11.7 Å². The van der Waals surface area contributed by atoms with Gasteiger partial charge in [-0.25, -0.2) is 9.97 Å². The van der Waals surface area contributed by atoms with Crippen molar-refractivity contribution < 1.29 is 9.53 Å². The monoisotopic (exact) mass is 508 g/mol. The maximum atomic E-state index is 12.3. The van der Waals surface area contributed by atoms with E-state index >= 15 is 0 Å². The Morgan fingerprint density at radius 2 is 1.79 bits per heavy atom. The van der Waals surface area contributed by atoms with E-state index in [0.717, 1.165) is 40.7 Å². The normalized spacial score (nSPS) is 13.7. The largest absolute Gasteiger partial charge is 0.383 e. The van der Waals surface area contributed by atoms with Crippen LogP contribution in [0.1, 0.15) is 54.7 Å². The second kappa shape index (κ2) is 11.1. The summed E-state index contributed by atoms with van der Waals surface area (Å²) in [6, 6.07) is 17.9. The molecule has 6 rings (SSSR count). The zero-order valence-corrected chi connectivity index (χ0v) is 22.0. The van der Waals surface area contributed by atoms with E-state index in [1.807, 2.05) is 35.1 Å². The van der Waals surface area contributed by atoms with Crippen LogP contribution >= 0.6 is 0 Å². The topological polar surface area (TPSA) is 94.3 Å². The van der Waals surface area contributed by atoms with Crippen molar-refractivity contribution in [1.29, 1.82) is 0 Å². The number of amides is 1. The second-order valence-electron chi connectivity index (χ2n) is 9.52. The van der Waals surface area contributed by atoms with Gasteiger partial charge >= 0.3 is 0 Å². The Balaban J connectivity index is 0.000000937. The predicted molar refractivity (Wildman–Crippen MR) is 148 cm³/mol. The highest BCUT2D eigenvalue weighted by Gasteiger charge is 2.48. The minimum atomic E-state index is -0.131. The Morgan fingerprint density at radius 1 is 1.03 bits per heavy atom. The molecule has 8 nitrogen and oxygen atoms in total. The van der Waals surface area contributed by atoms with Gasteiger partial charge in [0.05, 0.1) is 30.2 Å². The summed E-state index contributed by atoms with van der Waals surface area (Å²) < 4.78 is 6.84. The van der Waals surface area contributed by atoms with Crippen LogP contribution in [-0.2, 0) is 10.2 Å². The van der Waals surface area contributed by atoms with Crippen molar-refractivity contribution in [3.63, 3.8) is 0 Å². The smallest absolute Gasteiger partial charge is 0.251 e. The summed E-state index contributed by atoms with van der Waals surface area (Å²) >= 11 is 0. The zero-order valence-electron chi connectivity index (χ0n) is 22.0. The molecule has 1 aliphatic carbocycles. The van der Waals surface area contributed by atoms with Crippen molar-refractivity contribution in [2.45, 2.75) is 38.5 Å². The van der Waals surface area contributed by atoms with E-state index in [1.165, 1.54) is 12.0 Å². The minimum Gasteiger partial charge on any atom is -0.383 e. The molecule has 0 bridgehead atoms. The van der Waals surface area contributed by atoms with Crippen molar-refractivity contribution in [2.75, 3.05) is 20.3 Å². The first kappa shape index (κ1) is 25.5. The van der Waals surface area contributed by atoms with Gasteiger partial charge in [0.1, 0.15) is 5.69 Å². The number of imidazole rings is 1. The van der Waals surface area contributed by atoms with Crippen LogP contribution in [0.3, 0.4) is 0 Å². The molecule has 1 N–H and O–H groups in total. The third kappa shape index (κ3) is 4.99. The van der Waals surface area contributed by atoms with Crippen LogP contribution in [0.25, 0.3) is 27.9 Å². The molecule has 1 fully saturated rings. The fraction of sp³-hybridized carbons (Fsp3) is 0.300. The van der Waals surface area contributed by atoms with Gasteiger partial charge in [0, 0.05) is 41.8 Å². The molecule has 1 saturated carbocycles. The van der Waals surface area contributed by atoms with E-state index in [9.17, 15) is 4.79 Å². The van der Waals surface area contributed by atoms with Crippen molar-refractivity contribution in [2.24, 2.45) is 0 Å². The number of ether oxygens (including phenoxy) is 1.